The van der Waals surface area contributed by atoms with Gasteiger partial charge in [-0.05, 0) is 36.6 Å². The van der Waals surface area contributed by atoms with Gasteiger partial charge >= 0.3 is 0 Å². The monoisotopic (exact) mass is 563 g/mol. The summed E-state index contributed by atoms with van der Waals surface area (Å²) in [5, 5.41) is 12.7. The topological polar surface area (TPSA) is 89.4 Å². The molecule has 10 heteroatoms. The number of ether oxygens (including phenoxy) is 2. The van der Waals surface area contributed by atoms with Crippen LogP contribution in [0.5, 0.6) is 0 Å². The summed E-state index contributed by atoms with van der Waals surface area (Å²) in [6.07, 6.45) is 6.90. The number of benzene rings is 2. The average Bonchev–Trinajstić information content (AvgIpc) is 3.36. The second kappa shape index (κ2) is 16.2. The number of anilines is 2. The van der Waals surface area contributed by atoms with Gasteiger partial charge in [0, 0.05) is 56.8 Å². The summed E-state index contributed by atoms with van der Waals surface area (Å²) < 4.78 is 13.1. The van der Waals surface area contributed by atoms with E-state index >= 15 is 0 Å². The van der Waals surface area contributed by atoms with Crippen molar-refractivity contribution < 1.29 is 9.47 Å². The lowest BCUT2D eigenvalue weighted by molar-refractivity contribution is 0.0398. The van der Waals surface area contributed by atoms with Gasteiger partial charge in [-0.25, -0.2) is 9.67 Å². The molecule has 0 amide bonds. The molecule has 0 atom stereocenters. The first kappa shape index (κ1) is 29.8. The number of aromatic nitrogens is 4. The quantitative estimate of drug-likeness (QED) is 0.225. The molecule has 0 saturated carbocycles. The molecule has 9 nitrogen and oxygen atoms in total. The van der Waals surface area contributed by atoms with E-state index in [0.29, 0.717) is 19.3 Å². The summed E-state index contributed by atoms with van der Waals surface area (Å²) in [4.78, 5) is 11.8. The molecule has 0 spiro atoms. The fourth-order valence-electron chi connectivity index (χ4n) is 4.37. The van der Waals surface area contributed by atoms with Gasteiger partial charge in [0.1, 0.15) is 12.4 Å². The van der Waals surface area contributed by atoms with Crippen molar-refractivity contribution in [3.63, 3.8) is 0 Å². The first-order chi connectivity index (χ1) is 19.7. The van der Waals surface area contributed by atoms with Crippen LogP contribution in [0.3, 0.4) is 0 Å². The van der Waals surface area contributed by atoms with E-state index in [1.807, 2.05) is 35.5 Å². The predicted octanol–water partition coefficient (Wildman–Crippen LogP) is 5.21. The molecule has 40 heavy (non-hydrogen) atoms. The summed E-state index contributed by atoms with van der Waals surface area (Å²) in [7, 11) is 0. The molecular weight excluding hydrogens is 522 g/mol. The third kappa shape index (κ3) is 8.66. The molecular formula is C30H41N7O2S. The van der Waals surface area contributed by atoms with Crippen LogP contribution < -0.4 is 10.6 Å². The largest absolute Gasteiger partial charge is 0.381 e. The molecule has 5 rings (SSSR count). The van der Waals surface area contributed by atoms with Crippen molar-refractivity contribution in [3.05, 3.63) is 66.4 Å². The minimum atomic E-state index is 0.348. The molecule has 1 fully saturated rings. The van der Waals surface area contributed by atoms with Gasteiger partial charge in [-0.1, -0.05) is 49.4 Å². The molecule has 2 aromatic carbocycles. The number of fused-ring (bicyclic) bond motifs is 1. The van der Waals surface area contributed by atoms with Gasteiger partial charge in [-0.15, -0.1) is 0 Å². The highest BCUT2D eigenvalue weighted by atomic mass is 32.2. The summed E-state index contributed by atoms with van der Waals surface area (Å²) in [5.74, 6) is 0.599. The van der Waals surface area contributed by atoms with E-state index in [2.05, 4.69) is 69.9 Å². The minimum absolute atomic E-state index is 0.348. The Bertz CT molecular complexity index is 1300. The normalized spacial score (nSPS) is 13.6. The Morgan fingerprint density at radius 2 is 1.82 bits per heavy atom. The lowest BCUT2D eigenvalue weighted by Gasteiger charge is -2.26. The third-order valence-corrected chi connectivity index (χ3v) is 6.34. The lowest BCUT2D eigenvalue weighted by atomic mass is 10.1. The molecule has 1 saturated heterocycles. The summed E-state index contributed by atoms with van der Waals surface area (Å²) >= 11 is 1.75. The number of rotatable bonds is 12. The number of nitrogens with one attached hydrogen (secondary N) is 2. The van der Waals surface area contributed by atoms with Crippen LogP contribution in [-0.2, 0) is 22.7 Å². The summed E-state index contributed by atoms with van der Waals surface area (Å²) in [6.45, 7) is 9.09. The van der Waals surface area contributed by atoms with Gasteiger partial charge in [0.2, 0.25) is 5.95 Å². The smallest absolute Gasteiger partial charge is 0.224 e. The van der Waals surface area contributed by atoms with Crippen LogP contribution in [-0.4, -0.2) is 83.2 Å². The van der Waals surface area contributed by atoms with Crippen molar-refractivity contribution in [1.29, 1.82) is 0 Å². The highest BCUT2D eigenvalue weighted by molar-refractivity contribution is 7.97. The minimum Gasteiger partial charge on any atom is -0.381 e. The molecule has 0 unspecified atom stereocenters. The first-order valence-corrected chi connectivity index (χ1v) is 15.5. The van der Waals surface area contributed by atoms with Crippen molar-refractivity contribution >= 4 is 34.4 Å². The van der Waals surface area contributed by atoms with E-state index in [9.17, 15) is 0 Å². The number of morpholine rings is 1. The zero-order chi connectivity index (χ0) is 28.0. The second-order valence-corrected chi connectivity index (χ2v) is 10.3. The highest BCUT2D eigenvalue weighted by Crippen LogP contribution is 2.29. The zero-order valence-corrected chi connectivity index (χ0v) is 24.6. The maximum atomic E-state index is 5.83. The van der Waals surface area contributed by atoms with Crippen molar-refractivity contribution in [2.24, 2.45) is 0 Å². The van der Waals surface area contributed by atoms with Crippen molar-refractivity contribution in [2.45, 2.75) is 26.6 Å². The Hall–Kier alpha value is -3.18. The molecule has 0 radical (unpaired) electrons. The standard InChI is InChI=1S/C28H35N7O2.C2H6S/c1-2-15-37-21-35-27-25(20-31-28(32-27)29-11-12-34-13-16-36-17-14-34)26(33-35)23-9-6-10-24(18-23)30-19-22-7-4-3-5-8-22;1-3-2/h3-10,18,20,30H,2,11-17,19,21H2,1H3,(H,29,31,32);1-2H3. The molecule has 2 aromatic heterocycles. The van der Waals surface area contributed by atoms with Crippen molar-refractivity contribution in [3.8, 4) is 11.3 Å². The molecule has 1 aliphatic rings. The molecule has 4 aromatic rings. The van der Waals surface area contributed by atoms with Gasteiger partial charge in [0.25, 0.3) is 0 Å². The number of hydrogen-bond donors (Lipinski definition) is 2. The first-order valence-electron chi connectivity index (χ1n) is 13.9. The fourth-order valence-corrected chi connectivity index (χ4v) is 4.37. The maximum Gasteiger partial charge on any atom is 0.224 e. The summed E-state index contributed by atoms with van der Waals surface area (Å²) in [5.41, 5.74) is 4.89. The SMILES string of the molecule is CCCOCn1nc(-c2cccc(NCc3ccccc3)c2)c2cnc(NCCN3CCOCC3)nc21.CSC. The Morgan fingerprint density at radius 3 is 2.60 bits per heavy atom. The molecule has 0 bridgehead atoms. The fraction of sp³-hybridized carbons (Fsp3) is 0.433. The predicted molar refractivity (Wildman–Crippen MR) is 166 cm³/mol. The van der Waals surface area contributed by atoms with Crippen LogP contribution >= 0.6 is 11.8 Å². The van der Waals surface area contributed by atoms with E-state index in [0.717, 1.165) is 80.3 Å². The number of nitrogens with zero attached hydrogens (tertiary/aromatic N) is 5. The van der Waals surface area contributed by atoms with E-state index in [1.54, 1.807) is 11.8 Å². The van der Waals surface area contributed by atoms with Crippen molar-refractivity contribution in [2.75, 3.05) is 69.1 Å². The van der Waals surface area contributed by atoms with Gasteiger partial charge < -0.3 is 20.1 Å². The Morgan fingerprint density at radius 1 is 1.02 bits per heavy atom. The van der Waals surface area contributed by atoms with Gasteiger partial charge in [-0.2, -0.15) is 21.8 Å². The van der Waals surface area contributed by atoms with Gasteiger partial charge in [0.15, 0.2) is 5.65 Å². The summed E-state index contributed by atoms with van der Waals surface area (Å²) in [6, 6.07) is 18.7. The van der Waals surface area contributed by atoms with Crippen LogP contribution in [0.15, 0.2) is 60.8 Å². The molecule has 3 heterocycles. The molecule has 2 N–H and O–H groups in total. The zero-order valence-electron chi connectivity index (χ0n) is 23.8. The van der Waals surface area contributed by atoms with Crippen LogP contribution in [0.4, 0.5) is 11.6 Å². The van der Waals surface area contributed by atoms with Gasteiger partial charge in [0.05, 0.1) is 18.6 Å². The van der Waals surface area contributed by atoms with E-state index in [1.165, 1.54) is 5.56 Å². The van der Waals surface area contributed by atoms with E-state index < -0.39 is 0 Å². The van der Waals surface area contributed by atoms with E-state index in [-0.39, 0.29) is 0 Å². The van der Waals surface area contributed by atoms with Crippen LogP contribution in [0.25, 0.3) is 22.3 Å². The van der Waals surface area contributed by atoms with Gasteiger partial charge in [-0.3, -0.25) is 4.90 Å². The number of thioether (sulfide) groups is 1. The van der Waals surface area contributed by atoms with Crippen LogP contribution in [0, 0.1) is 0 Å². The van der Waals surface area contributed by atoms with E-state index in [4.69, 9.17) is 19.6 Å². The Kier molecular flexibility index (Phi) is 12.0. The molecule has 214 valence electrons. The number of hydrogen-bond acceptors (Lipinski definition) is 9. The third-order valence-electron chi connectivity index (χ3n) is 6.34. The molecule has 0 aliphatic carbocycles. The second-order valence-electron chi connectivity index (χ2n) is 9.53. The van der Waals surface area contributed by atoms with Crippen LogP contribution in [0.1, 0.15) is 18.9 Å². The van der Waals surface area contributed by atoms with Crippen molar-refractivity contribution in [1.82, 2.24) is 24.6 Å². The Balaban J connectivity index is 0.00000118. The van der Waals surface area contributed by atoms with Crippen LogP contribution in [0.2, 0.25) is 0 Å². The molecule has 1 aliphatic heterocycles. The Labute approximate surface area is 241 Å². The lowest BCUT2D eigenvalue weighted by Crippen LogP contribution is -2.39. The maximum absolute atomic E-state index is 5.83. The highest BCUT2D eigenvalue weighted by Gasteiger charge is 2.16. The average molecular weight is 564 g/mol.